The van der Waals surface area contributed by atoms with Gasteiger partial charge in [0.2, 0.25) is 5.75 Å². The molecule has 0 unspecified atom stereocenters. The van der Waals surface area contributed by atoms with E-state index in [4.69, 9.17) is 9.47 Å². The fraction of sp³-hybridized carbons (Fsp3) is 0.250. The van der Waals surface area contributed by atoms with E-state index in [2.05, 4.69) is 4.98 Å². The molecule has 0 N–H and O–H groups in total. The Kier molecular flexibility index (Phi) is 6.03. The molecule has 0 bridgehead atoms. The molecule has 0 atom stereocenters. The Morgan fingerprint density at radius 1 is 1.15 bits per heavy atom. The van der Waals surface area contributed by atoms with Gasteiger partial charge in [-0.25, -0.2) is 9.78 Å². The summed E-state index contributed by atoms with van der Waals surface area (Å²) in [7, 11) is 0. The van der Waals surface area contributed by atoms with Crippen LogP contribution in [0.4, 0.5) is 0 Å². The van der Waals surface area contributed by atoms with Crippen LogP contribution in [0.1, 0.15) is 29.9 Å². The number of carbonyl (C=O) groups is 1. The molecule has 0 fully saturated rings. The molecule has 0 radical (unpaired) electrons. The molecular weight excluding hydrogens is 364 g/mol. The van der Waals surface area contributed by atoms with Crippen LogP contribution in [0.3, 0.4) is 0 Å². The van der Waals surface area contributed by atoms with Crippen molar-refractivity contribution < 1.29 is 14.3 Å². The summed E-state index contributed by atoms with van der Waals surface area (Å²) in [5.41, 5.74) is 1.22. The van der Waals surface area contributed by atoms with Crippen LogP contribution < -0.4 is 10.3 Å². The first-order valence-electron chi connectivity index (χ1n) is 8.67. The van der Waals surface area contributed by atoms with Gasteiger partial charge >= 0.3 is 5.97 Å². The van der Waals surface area contributed by atoms with Crippen LogP contribution >= 0.6 is 11.3 Å². The van der Waals surface area contributed by atoms with Crippen molar-refractivity contribution in [2.24, 2.45) is 0 Å². The molecule has 0 saturated carbocycles. The van der Waals surface area contributed by atoms with Crippen LogP contribution in [0.2, 0.25) is 0 Å². The topological polar surface area (TPSA) is 70.4 Å². The second-order valence-corrected chi connectivity index (χ2v) is 6.44. The first-order valence-corrected chi connectivity index (χ1v) is 9.61. The molecule has 7 heteroatoms. The van der Waals surface area contributed by atoms with Crippen molar-refractivity contribution in [3.63, 3.8) is 0 Å². The number of benzene rings is 1. The van der Waals surface area contributed by atoms with Crippen molar-refractivity contribution in [3.05, 3.63) is 68.8 Å². The van der Waals surface area contributed by atoms with Crippen molar-refractivity contribution in [3.8, 4) is 17.1 Å². The van der Waals surface area contributed by atoms with E-state index in [1.807, 2.05) is 47.2 Å². The predicted octanol–water partition coefficient (Wildman–Crippen LogP) is 3.60. The minimum absolute atomic E-state index is 0.0779. The van der Waals surface area contributed by atoms with Crippen molar-refractivity contribution in [2.45, 2.75) is 20.4 Å². The van der Waals surface area contributed by atoms with Crippen molar-refractivity contribution >= 4 is 17.3 Å². The summed E-state index contributed by atoms with van der Waals surface area (Å²) >= 11 is 1.49. The first-order chi connectivity index (χ1) is 13.2. The van der Waals surface area contributed by atoms with Gasteiger partial charge in [-0.05, 0) is 30.9 Å². The van der Waals surface area contributed by atoms with Gasteiger partial charge in [0, 0.05) is 10.9 Å². The average Bonchev–Trinajstić information content (AvgIpc) is 3.21. The molecule has 2 heterocycles. The quantitative estimate of drug-likeness (QED) is 0.582. The predicted molar refractivity (Wildman–Crippen MR) is 104 cm³/mol. The molecule has 140 valence electrons. The lowest BCUT2D eigenvalue weighted by atomic mass is 10.2. The highest BCUT2D eigenvalue weighted by molar-refractivity contribution is 7.08. The maximum Gasteiger partial charge on any atom is 0.361 e. The zero-order chi connectivity index (χ0) is 19.2. The number of aromatic nitrogens is 2. The van der Waals surface area contributed by atoms with Crippen LogP contribution in [0.25, 0.3) is 11.4 Å². The zero-order valence-corrected chi connectivity index (χ0v) is 16.0. The van der Waals surface area contributed by atoms with E-state index < -0.39 is 11.5 Å². The molecular formula is C20H20N2O4S. The molecule has 2 aromatic heterocycles. The summed E-state index contributed by atoms with van der Waals surface area (Å²) in [6.07, 6.45) is 0. The number of rotatable bonds is 7. The summed E-state index contributed by atoms with van der Waals surface area (Å²) in [6, 6.07) is 11.5. The van der Waals surface area contributed by atoms with E-state index in [1.54, 1.807) is 13.8 Å². The largest absolute Gasteiger partial charge is 0.486 e. The Morgan fingerprint density at radius 2 is 1.93 bits per heavy atom. The third-order valence-electron chi connectivity index (χ3n) is 3.85. The Hall–Kier alpha value is -2.93. The smallest absolute Gasteiger partial charge is 0.361 e. The van der Waals surface area contributed by atoms with E-state index in [0.29, 0.717) is 12.4 Å². The molecule has 3 aromatic rings. The molecule has 6 nitrogen and oxygen atoms in total. The number of nitrogens with zero attached hydrogens (tertiary/aromatic N) is 2. The monoisotopic (exact) mass is 384 g/mol. The standard InChI is InChI=1S/C20H20N2O4S/c1-3-25-17-16(20(24)26-4-2)21-18(15-10-11-27-13-15)22(19(17)23)12-14-8-6-5-7-9-14/h5-11,13H,3-4,12H2,1-2H3. The Labute approximate surface area is 161 Å². The van der Waals surface area contributed by atoms with Crippen LogP contribution in [-0.4, -0.2) is 28.7 Å². The van der Waals surface area contributed by atoms with Crippen molar-refractivity contribution in [1.82, 2.24) is 9.55 Å². The van der Waals surface area contributed by atoms with Gasteiger partial charge in [0.1, 0.15) is 5.82 Å². The molecule has 0 spiro atoms. The van der Waals surface area contributed by atoms with E-state index in [0.717, 1.165) is 11.1 Å². The van der Waals surface area contributed by atoms with Crippen LogP contribution in [0.15, 0.2) is 52.0 Å². The highest BCUT2D eigenvalue weighted by Crippen LogP contribution is 2.24. The fourth-order valence-electron chi connectivity index (χ4n) is 2.67. The van der Waals surface area contributed by atoms with Crippen LogP contribution in [0.5, 0.6) is 5.75 Å². The fourth-order valence-corrected chi connectivity index (χ4v) is 3.31. The third kappa shape index (κ3) is 4.09. The van der Waals surface area contributed by atoms with Gasteiger partial charge in [0.05, 0.1) is 19.8 Å². The second kappa shape index (κ2) is 8.64. The SMILES string of the molecule is CCOC(=O)c1nc(-c2ccsc2)n(Cc2ccccc2)c(=O)c1OCC. The highest BCUT2D eigenvalue weighted by Gasteiger charge is 2.25. The maximum atomic E-state index is 13.2. The van der Waals surface area contributed by atoms with Crippen LogP contribution in [0, 0.1) is 0 Å². The number of ether oxygens (including phenoxy) is 2. The molecule has 0 aliphatic carbocycles. The summed E-state index contributed by atoms with van der Waals surface area (Å²) in [5, 5.41) is 3.79. The summed E-state index contributed by atoms with van der Waals surface area (Å²) in [6.45, 7) is 4.21. The second-order valence-electron chi connectivity index (χ2n) is 5.66. The molecule has 0 amide bonds. The molecule has 27 heavy (non-hydrogen) atoms. The zero-order valence-electron chi connectivity index (χ0n) is 15.2. The number of esters is 1. The average molecular weight is 384 g/mol. The molecule has 1 aromatic carbocycles. The summed E-state index contributed by atoms with van der Waals surface area (Å²) in [5.74, 6) is -0.330. The van der Waals surface area contributed by atoms with Gasteiger partial charge in [-0.15, -0.1) is 0 Å². The molecule has 0 aliphatic heterocycles. The lowest BCUT2D eigenvalue weighted by Crippen LogP contribution is -2.29. The lowest BCUT2D eigenvalue weighted by molar-refractivity contribution is 0.0513. The Balaban J connectivity index is 2.22. The van der Waals surface area contributed by atoms with Gasteiger partial charge in [-0.2, -0.15) is 11.3 Å². The highest BCUT2D eigenvalue weighted by atomic mass is 32.1. The Morgan fingerprint density at radius 3 is 2.56 bits per heavy atom. The van der Waals surface area contributed by atoms with E-state index in [9.17, 15) is 9.59 Å². The van der Waals surface area contributed by atoms with Crippen molar-refractivity contribution in [1.29, 1.82) is 0 Å². The number of hydrogen-bond donors (Lipinski definition) is 0. The number of hydrogen-bond acceptors (Lipinski definition) is 6. The number of carbonyl (C=O) groups excluding carboxylic acids is 1. The van der Waals surface area contributed by atoms with E-state index in [1.165, 1.54) is 15.9 Å². The summed E-state index contributed by atoms with van der Waals surface area (Å²) in [4.78, 5) is 30.1. The number of thiophene rings is 1. The molecule has 3 rings (SSSR count). The van der Waals surface area contributed by atoms with Gasteiger partial charge in [0.25, 0.3) is 5.56 Å². The van der Waals surface area contributed by atoms with Crippen molar-refractivity contribution in [2.75, 3.05) is 13.2 Å². The third-order valence-corrected chi connectivity index (χ3v) is 4.53. The lowest BCUT2D eigenvalue weighted by Gasteiger charge is -2.16. The van der Waals surface area contributed by atoms with Crippen LogP contribution in [-0.2, 0) is 11.3 Å². The first kappa shape index (κ1) is 18.8. The normalized spacial score (nSPS) is 10.6. The minimum Gasteiger partial charge on any atom is -0.486 e. The van der Waals surface area contributed by atoms with Gasteiger partial charge in [-0.1, -0.05) is 30.3 Å². The minimum atomic E-state index is -0.665. The Bertz CT molecular complexity index is 966. The van der Waals surface area contributed by atoms with Gasteiger partial charge in [-0.3, -0.25) is 9.36 Å². The maximum absolute atomic E-state index is 13.2. The van der Waals surface area contributed by atoms with E-state index in [-0.39, 0.29) is 24.7 Å². The molecule has 0 aliphatic rings. The molecule has 0 saturated heterocycles. The van der Waals surface area contributed by atoms with Gasteiger partial charge in [0.15, 0.2) is 5.69 Å². The van der Waals surface area contributed by atoms with E-state index >= 15 is 0 Å². The van der Waals surface area contributed by atoms with Gasteiger partial charge < -0.3 is 9.47 Å². The summed E-state index contributed by atoms with van der Waals surface area (Å²) < 4.78 is 12.1.